The largest absolute Gasteiger partial charge is 0.378 e. The molecule has 0 amide bonds. The van der Waals surface area contributed by atoms with Crippen molar-refractivity contribution >= 4 is 0 Å². The maximum absolute atomic E-state index is 10.7. The number of aromatic nitrogens is 4. The van der Waals surface area contributed by atoms with E-state index in [1.54, 1.807) is 12.4 Å². The maximum Gasteiger partial charge on any atom is 0.115 e. The molecule has 0 saturated carbocycles. The minimum atomic E-state index is -0.374. The van der Waals surface area contributed by atoms with E-state index in [1.807, 2.05) is 36.4 Å². The highest BCUT2D eigenvalue weighted by Gasteiger charge is 2.21. The summed E-state index contributed by atoms with van der Waals surface area (Å²) in [5, 5.41) is 23.0. The third-order valence-electron chi connectivity index (χ3n) is 6.20. The van der Waals surface area contributed by atoms with Crippen molar-refractivity contribution in [3.8, 4) is 22.8 Å². The fourth-order valence-electron chi connectivity index (χ4n) is 4.25. The average molecular weight is 433 g/mol. The first-order chi connectivity index (χ1) is 15.7. The van der Waals surface area contributed by atoms with Gasteiger partial charge in [0.25, 0.3) is 0 Å². The van der Waals surface area contributed by atoms with Gasteiger partial charge >= 0.3 is 0 Å². The van der Waals surface area contributed by atoms with Gasteiger partial charge in [-0.05, 0) is 61.1 Å². The number of nitrogens with zero attached hydrogens (tertiary/aromatic N) is 5. The van der Waals surface area contributed by atoms with Crippen LogP contribution in [0.4, 0.5) is 0 Å². The van der Waals surface area contributed by atoms with Crippen LogP contribution in [0, 0.1) is 5.92 Å². The number of rotatable bonds is 9. The Labute approximate surface area is 190 Å². The molecule has 4 rings (SSSR count). The first-order valence-electron chi connectivity index (χ1n) is 11.6. The molecule has 0 aliphatic carbocycles. The van der Waals surface area contributed by atoms with E-state index >= 15 is 0 Å². The van der Waals surface area contributed by atoms with Crippen LogP contribution in [-0.2, 0) is 6.42 Å². The summed E-state index contributed by atoms with van der Waals surface area (Å²) in [4.78, 5) is 11.1. The monoisotopic (exact) mass is 432 g/mol. The van der Waals surface area contributed by atoms with Gasteiger partial charge in [0.05, 0.1) is 11.4 Å². The first kappa shape index (κ1) is 22.5. The lowest BCUT2D eigenvalue weighted by Gasteiger charge is -2.32. The molecule has 2 unspecified atom stereocenters. The van der Waals surface area contributed by atoms with E-state index in [-0.39, 0.29) is 6.23 Å². The number of hydrogen-bond acceptors (Lipinski definition) is 7. The Morgan fingerprint density at radius 1 is 0.938 bits per heavy atom. The third kappa shape index (κ3) is 5.73. The van der Waals surface area contributed by atoms with E-state index < -0.39 is 0 Å². The van der Waals surface area contributed by atoms with E-state index in [1.165, 1.54) is 0 Å². The van der Waals surface area contributed by atoms with E-state index in [0.29, 0.717) is 5.92 Å². The number of aliphatic hydroxyl groups excluding tert-OH is 1. The molecule has 7 heteroatoms. The van der Waals surface area contributed by atoms with Crippen molar-refractivity contribution in [1.82, 2.24) is 30.4 Å². The molecule has 3 aromatic rings. The van der Waals surface area contributed by atoms with Crippen LogP contribution in [0.15, 0.2) is 54.9 Å². The molecular formula is C25H32N6O. The van der Waals surface area contributed by atoms with Gasteiger partial charge in [-0.2, -0.15) is 0 Å². The second-order valence-electron chi connectivity index (χ2n) is 8.36. The second-order valence-corrected chi connectivity index (χ2v) is 8.36. The highest BCUT2D eigenvalue weighted by Crippen LogP contribution is 2.28. The summed E-state index contributed by atoms with van der Waals surface area (Å²) in [5.41, 5.74) is 4.37. The molecule has 0 bridgehead atoms. The Morgan fingerprint density at radius 2 is 1.66 bits per heavy atom. The summed E-state index contributed by atoms with van der Waals surface area (Å²) in [7, 11) is 0. The van der Waals surface area contributed by atoms with Crippen LogP contribution < -0.4 is 5.32 Å². The summed E-state index contributed by atoms with van der Waals surface area (Å²) < 4.78 is 0. The minimum absolute atomic E-state index is 0.374. The summed E-state index contributed by atoms with van der Waals surface area (Å²) in [5.74, 6) is 0.441. The standard InChI is InChI=1S/C25H32N6O/c1-2-19(9-10-24(32)31-15-13-26-14-16-31)17-20-18-23(21-7-3-5-11-27-21)29-30-25(20)22-8-4-6-12-28-22/h3-8,11-12,18-19,24,26,32H,2,9-10,13-17H2,1H3. The predicted octanol–water partition coefficient (Wildman–Crippen LogP) is 3.17. The molecule has 32 heavy (non-hydrogen) atoms. The summed E-state index contributed by atoms with van der Waals surface area (Å²) in [6.45, 7) is 5.92. The van der Waals surface area contributed by atoms with Crippen molar-refractivity contribution in [3.05, 3.63) is 60.4 Å². The number of piperazine rings is 1. The fraction of sp³-hybridized carbons (Fsp3) is 0.440. The molecule has 1 aliphatic rings. The van der Waals surface area contributed by atoms with Crippen molar-refractivity contribution < 1.29 is 5.11 Å². The summed E-state index contributed by atoms with van der Waals surface area (Å²) in [6, 6.07) is 13.8. The lowest BCUT2D eigenvalue weighted by atomic mass is 9.90. The topological polar surface area (TPSA) is 87.1 Å². The zero-order valence-corrected chi connectivity index (χ0v) is 18.7. The highest BCUT2D eigenvalue weighted by atomic mass is 16.3. The quantitative estimate of drug-likeness (QED) is 0.537. The Hall–Kier alpha value is -2.74. The van der Waals surface area contributed by atoms with E-state index in [0.717, 1.165) is 80.2 Å². The highest BCUT2D eigenvalue weighted by molar-refractivity contribution is 5.63. The van der Waals surface area contributed by atoms with Gasteiger partial charge in [0, 0.05) is 38.6 Å². The van der Waals surface area contributed by atoms with Gasteiger partial charge < -0.3 is 10.4 Å². The molecule has 0 radical (unpaired) electrons. The van der Waals surface area contributed by atoms with Crippen LogP contribution >= 0.6 is 0 Å². The van der Waals surface area contributed by atoms with Gasteiger partial charge in [-0.15, -0.1) is 10.2 Å². The number of pyridine rings is 2. The molecule has 3 aromatic heterocycles. The Morgan fingerprint density at radius 3 is 2.31 bits per heavy atom. The second kappa shape index (κ2) is 11.2. The van der Waals surface area contributed by atoms with Gasteiger partial charge in [0.15, 0.2) is 0 Å². The van der Waals surface area contributed by atoms with Crippen LogP contribution in [0.2, 0.25) is 0 Å². The van der Waals surface area contributed by atoms with Crippen LogP contribution in [-0.4, -0.2) is 62.6 Å². The van der Waals surface area contributed by atoms with E-state index in [4.69, 9.17) is 0 Å². The summed E-state index contributed by atoms with van der Waals surface area (Å²) in [6.07, 6.45) is 6.84. The van der Waals surface area contributed by atoms with Gasteiger partial charge in [0.1, 0.15) is 17.6 Å². The normalized spacial score (nSPS) is 16.6. The molecule has 1 saturated heterocycles. The van der Waals surface area contributed by atoms with Gasteiger partial charge in [-0.1, -0.05) is 25.5 Å². The third-order valence-corrected chi connectivity index (χ3v) is 6.20. The molecule has 168 valence electrons. The lowest BCUT2D eigenvalue weighted by molar-refractivity contribution is -0.0132. The van der Waals surface area contributed by atoms with Crippen LogP contribution in [0.25, 0.3) is 22.8 Å². The van der Waals surface area contributed by atoms with Crippen molar-refractivity contribution in [2.24, 2.45) is 5.92 Å². The maximum atomic E-state index is 10.7. The Balaban J connectivity index is 1.53. The van der Waals surface area contributed by atoms with Crippen molar-refractivity contribution in [2.45, 2.75) is 38.8 Å². The van der Waals surface area contributed by atoms with E-state index in [9.17, 15) is 5.11 Å². The molecule has 0 spiro atoms. The number of aliphatic hydroxyl groups is 1. The zero-order chi connectivity index (χ0) is 22.2. The summed E-state index contributed by atoms with van der Waals surface area (Å²) >= 11 is 0. The smallest absolute Gasteiger partial charge is 0.115 e. The average Bonchev–Trinajstić information content (AvgIpc) is 2.87. The van der Waals surface area contributed by atoms with Crippen LogP contribution in [0.1, 0.15) is 31.7 Å². The van der Waals surface area contributed by atoms with Crippen molar-refractivity contribution in [2.75, 3.05) is 26.2 Å². The van der Waals surface area contributed by atoms with Crippen molar-refractivity contribution in [1.29, 1.82) is 0 Å². The zero-order valence-electron chi connectivity index (χ0n) is 18.7. The van der Waals surface area contributed by atoms with E-state index in [2.05, 4.69) is 43.4 Å². The van der Waals surface area contributed by atoms with Gasteiger partial charge in [0.2, 0.25) is 0 Å². The number of hydrogen-bond donors (Lipinski definition) is 2. The predicted molar refractivity (Wildman–Crippen MR) is 126 cm³/mol. The molecule has 7 nitrogen and oxygen atoms in total. The molecule has 0 aromatic carbocycles. The van der Waals surface area contributed by atoms with Crippen molar-refractivity contribution in [3.63, 3.8) is 0 Å². The Bertz CT molecular complexity index is 963. The molecule has 1 aliphatic heterocycles. The van der Waals surface area contributed by atoms with Gasteiger partial charge in [-0.25, -0.2) is 0 Å². The van der Waals surface area contributed by atoms with Crippen LogP contribution in [0.5, 0.6) is 0 Å². The molecule has 2 atom stereocenters. The molecule has 1 fully saturated rings. The Kier molecular flexibility index (Phi) is 7.87. The molecule has 4 heterocycles. The fourth-order valence-corrected chi connectivity index (χ4v) is 4.25. The lowest BCUT2D eigenvalue weighted by Crippen LogP contribution is -2.48. The SMILES string of the molecule is CCC(CCC(O)N1CCNCC1)Cc1cc(-c2ccccn2)nnc1-c1ccccn1. The first-order valence-corrected chi connectivity index (χ1v) is 11.6. The van der Waals surface area contributed by atoms with Crippen LogP contribution in [0.3, 0.4) is 0 Å². The molecular weight excluding hydrogens is 400 g/mol. The number of nitrogens with one attached hydrogen (secondary N) is 1. The van der Waals surface area contributed by atoms with Gasteiger partial charge in [-0.3, -0.25) is 14.9 Å². The minimum Gasteiger partial charge on any atom is -0.378 e. The molecule has 2 N–H and O–H groups in total.